The molecule has 10 heteroatoms. The third kappa shape index (κ3) is 4.24. The Labute approximate surface area is 199 Å². The van der Waals surface area contributed by atoms with Gasteiger partial charge in [0.15, 0.2) is 0 Å². The van der Waals surface area contributed by atoms with E-state index >= 15 is 0 Å². The van der Waals surface area contributed by atoms with Gasteiger partial charge in [-0.25, -0.2) is 5.01 Å². The number of nitrogens with zero attached hydrogens (tertiary/aromatic N) is 3. The fourth-order valence-corrected chi connectivity index (χ4v) is 4.72. The van der Waals surface area contributed by atoms with E-state index < -0.39 is 40.2 Å². The lowest BCUT2D eigenvalue weighted by Crippen LogP contribution is -2.50. The number of allylic oxidation sites excluding steroid dienone is 2. The molecule has 2 aliphatic rings. The summed E-state index contributed by atoms with van der Waals surface area (Å²) in [7, 11) is 0. The van der Waals surface area contributed by atoms with Crippen molar-refractivity contribution in [1.82, 2.24) is 10.0 Å². The van der Waals surface area contributed by atoms with E-state index in [1.807, 2.05) is 13.0 Å². The molecule has 0 saturated carbocycles. The van der Waals surface area contributed by atoms with Crippen LogP contribution in [0.2, 0.25) is 10.0 Å². The molecule has 0 spiro atoms. The monoisotopic (exact) mass is 487 g/mol. The van der Waals surface area contributed by atoms with E-state index in [1.54, 1.807) is 12.1 Å². The highest BCUT2D eigenvalue weighted by atomic mass is 35.5. The lowest BCUT2D eigenvalue weighted by atomic mass is 9.82. The van der Waals surface area contributed by atoms with Crippen LogP contribution in [0.1, 0.15) is 35.7 Å². The first-order valence-corrected chi connectivity index (χ1v) is 11.0. The van der Waals surface area contributed by atoms with Crippen molar-refractivity contribution < 1.29 is 19.3 Å². The average molecular weight is 488 g/mol. The quantitative estimate of drug-likeness (QED) is 0.261. The first-order valence-electron chi connectivity index (χ1n) is 10.2. The first kappa shape index (κ1) is 22.9. The molecule has 0 bridgehead atoms. The number of nitro groups is 1. The molecular weight excluding hydrogens is 469 g/mol. The molecule has 8 nitrogen and oxygen atoms in total. The molecule has 1 aliphatic heterocycles. The Bertz CT molecular complexity index is 1210. The number of rotatable bonds is 5. The first-order chi connectivity index (χ1) is 15.7. The number of amides is 3. The number of hydrogen-bond acceptors (Lipinski definition) is 5. The summed E-state index contributed by atoms with van der Waals surface area (Å²) in [5.41, 5.74) is 0.760. The van der Waals surface area contributed by atoms with Crippen LogP contribution in [0.15, 0.2) is 54.1 Å². The van der Waals surface area contributed by atoms with E-state index in [0.29, 0.717) is 23.4 Å². The highest BCUT2D eigenvalue weighted by Crippen LogP contribution is 2.39. The number of imide groups is 1. The highest BCUT2D eigenvalue weighted by molar-refractivity contribution is 6.35. The standard InChI is InChI=1S/C23H19Cl2N3O5/c1-13-6-9-16-18(10-13)23(31)27(22(16)30)26(12-14-7-8-15(24)11-19(14)25)21(29)17-4-2-3-5-20(17)28(32)33/h2-8,11,16,18H,9-10,12H2,1H3/t16-,18-/m0/s1. The zero-order valence-electron chi connectivity index (χ0n) is 17.5. The van der Waals surface area contributed by atoms with Gasteiger partial charge in [0.2, 0.25) is 0 Å². The number of para-hydroxylation sites is 1. The van der Waals surface area contributed by atoms with Gasteiger partial charge in [-0.05, 0) is 43.5 Å². The number of hydrogen-bond donors (Lipinski definition) is 0. The Morgan fingerprint density at radius 2 is 1.85 bits per heavy atom. The second kappa shape index (κ2) is 8.96. The molecule has 2 atom stereocenters. The fourth-order valence-electron chi connectivity index (χ4n) is 4.26. The third-order valence-corrected chi connectivity index (χ3v) is 6.53. The Morgan fingerprint density at radius 3 is 2.55 bits per heavy atom. The molecule has 0 N–H and O–H groups in total. The minimum atomic E-state index is -0.849. The van der Waals surface area contributed by atoms with Crippen molar-refractivity contribution in [2.45, 2.75) is 26.3 Å². The summed E-state index contributed by atoms with van der Waals surface area (Å²) < 4.78 is 0. The van der Waals surface area contributed by atoms with Gasteiger partial charge in [-0.2, -0.15) is 5.01 Å². The van der Waals surface area contributed by atoms with Crippen molar-refractivity contribution in [2.24, 2.45) is 11.8 Å². The van der Waals surface area contributed by atoms with Crippen LogP contribution in [-0.2, 0) is 16.1 Å². The van der Waals surface area contributed by atoms with Gasteiger partial charge in [0.25, 0.3) is 23.4 Å². The number of fused-ring (bicyclic) bond motifs is 1. The summed E-state index contributed by atoms with van der Waals surface area (Å²) in [4.78, 5) is 51.0. The third-order valence-electron chi connectivity index (χ3n) is 5.94. The minimum absolute atomic E-state index is 0.233. The molecule has 0 aromatic heterocycles. The maximum absolute atomic E-state index is 13.6. The second-order valence-electron chi connectivity index (χ2n) is 8.06. The number of carbonyl (C=O) groups is 3. The van der Waals surface area contributed by atoms with Crippen molar-refractivity contribution in [3.8, 4) is 0 Å². The Balaban J connectivity index is 1.78. The van der Waals surface area contributed by atoms with Gasteiger partial charge in [-0.15, -0.1) is 0 Å². The Kier molecular flexibility index (Phi) is 6.23. The average Bonchev–Trinajstić information content (AvgIpc) is 3.02. The van der Waals surface area contributed by atoms with Gasteiger partial charge in [0.1, 0.15) is 5.56 Å². The van der Waals surface area contributed by atoms with Crippen molar-refractivity contribution in [1.29, 1.82) is 0 Å². The predicted octanol–water partition coefficient (Wildman–Crippen LogP) is 4.80. The lowest BCUT2D eigenvalue weighted by Gasteiger charge is -2.31. The molecule has 1 aliphatic carbocycles. The Hall–Kier alpha value is -3.23. The van der Waals surface area contributed by atoms with Gasteiger partial charge in [-0.3, -0.25) is 24.5 Å². The van der Waals surface area contributed by atoms with E-state index in [2.05, 4.69) is 0 Å². The van der Waals surface area contributed by atoms with E-state index in [0.717, 1.165) is 15.6 Å². The van der Waals surface area contributed by atoms with Crippen LogP contribution in [0, 0.1) is 22.0 Å². The molecule has 1 heterocycles. The molecule has 0 unspecified atom stereocenters. The summed E-state index contributed by atoms with van der Waals surface area (Å²) in [5.74, 6) is -3.02. The van der Waals surface area contributed by atoms with Crippen LogP contribution in [-0.4, -0.2) is 32.7 Å². The molecule has 0 radical (unpaired) electrons. The van der Waals surface area contributed by atoms with Crippen molar-refractivity contribution in [2.75, 3.05) is 0 Å². The number of halogens is 2. The van der Waals surface area contributed by atoms with Gasteiger partial charge in [0.05, 0.1) is 23.3 Å². The van der Waals surface area contributed by atoms with Crippen molar-refractivity contribution in [3.05, 3.63) is 85.4 Å². The number of carbonyl (C=O) groups excluding carboxylic acids is 3. The minimum Gasteiger partial charge on any atom is -0.272 e. The normalized spacial score (nSPS) is 19.8. The highest BCUT2D eigenvalue weighted by Gasteiger charge is 2.51. The maximum atomic E-state index is 13.6. The summed E-state index contributed by atoms with van der Waals surface area (Å²) in [6.45, 7) is 1.64. The molecular formula is C23H19Cl2N3O5. The molecule has 2 aromatic rings. The molecule has 1 fully saturated rings. The predicted molar refractivity (Wildman–Crippen MR) is 121 cm³/mol. The summed E-state index contributed by atoms with van der Waals surface area (Å²) >= 11 is 12.3. The molecule has 1 saturated heterocycles. The lowest BCUT2D eigenvalue weighted by molar-refractivity contribution is -0.385. The smallest absolute Gasteiger partial charge is 0.272 e. The van der Waals surface area contributed by atoms with Gasteiger partial charge in [0, 0.05) is 16.1 Å². The van der Waals surface area contributed by atoms with Crippen molar-refractivity contribution in [3.63, 3.8) is 0 Å². The molecule has 33 heavy (non-hydrogen) atoms. The fraction of sp³-hybridized carbons (Fsp3) is 0.261. The van der Waals surface area contributed by atoms with Crippen LogP contribution >= 0.6 is 23.2 Å². The van der Waals surface area contributed by atoms with Gasteiger partial charge in [-0.1, -0.05) is 53.1 Å². The van der Waals surface area contributed by atoms with Crippen molar-refractivity contribution >= 4 is 46.6 Å². The molecule has 3 amide bonds. The van der Waals surface area contributed by atoms with Crippen LogP contribution < -0.4 is 0 Å². The second-order valence-corrected chi connectivity index (χ2v) is 8.91. The molecule has 2 aromatic carbocycles. The van der Waals surface area contributed by atoms with E-state index in [-0.39, 0.29) is 17.1 Å². The SMILES string of the molecule is CC1=CC[C@@H]2C(=O)N(N(Cc3ccc(Cl)cc3Cl)C(=O)c3ccccc3[N+](=O)[O-])C(=O)[C@H]2C1. The topological polar surface area (TPSA) is 101 Å². The molecule has 4 rings (SSSR count). The molecule has 170 valence electrons. The van der Waals surface area contributed by atoms with E-state index in [9.17, 15) is 24.5 Å². The number of nitro benzene ring substituents is 1. The summed E-state index contributed by atoms with van der Waals surface area (Å²) in [5, 5.41) is 13.9. The van der Waals surface area contributed by atoms with Gasteiger partial charge >= 0.3 is 0 Å². The summed E-state index contributed by atoms with van der Waals surface area (Å²) in [6.07, 6.45) is 2.73. The zero-order valence-corrected chi connectivity index (χ0v) is 19.0. The van der Waals surface area contributed by atoms with Crippen LogP contribution in [0.3, 0.4) is 0 Å². The van der Waals surface area contributed by atoms with Gasteiger partial charge < -0.3 is 0 Å². The zero-order chi connectivity index (χ0) is 23.9. The van der Waals surface area contributed by atoms with E-state index in [4.69, 9.17) is 23.2 Å². The van der Waals surface area contributed by atoms with Crippen LogP contribution in [0.5, 0.6) is 0 Å². The summed E-state index contributed by atoms with van der Waals surface area (Å²) in [6, 6.07) is 10.0. The largest absolute Gasteiger partial charge is 0.282 e. The van der Waals surface area contributed by atoms with Crippen LogP contribution in [0.4, 0.5) is 5.69 Å². The maximum Gasteiger partial charge on any atom is 0.282 e. The number of hydrazine groups is 1. The van der Waals surface area contributed by atoms with E-state index in [1.165, 1.54) is 30.3 Å². The number of benzene rings is 2. The van der Waals surface area contributed by atoms with Crippen LogP contribution in [0.25, 0.3) is 0 Å². The Morgan fingerprint density at radius 1 is 1.15 bits per heavy atom.